The Bertz CT molecular complexity index is 406. The number of hydrogen-bond donors (Lipinski definition) is 1. The molecule has 0 aliphatic rings. The molecule has 21 heavy (non-hydrogen) atoms. The lowest BCUT2D eigenvalue weighted by molar-refractivity contribution is -0.00180. The second-order valence-corrected chi connectivity index (χ2v) is 5.17. The van der Waals surface area contributed by atoms with E-state index in [4.69, 9.17) is 18.9 Å². The number of benzene rings is 1. The average Bonchev–Trinajstić information content (AvgIpc) is 2.49. The van der Waals surface area contributed by atoms with E-state index < -0.39 is 6.10 Å². The molecule has 120 valence electrons. The van der Waals surface area contributed by atoms with Crippen LogP contribution < -0.4 is 9.47 Å². The molecule has 1 rings (SSSR count). The summed E-state index contributed by atoms with van der Waals surface area (Å²) in [7, 11) is 3.15. The van der Waals surface area contributed by atoms with E-state index in [-0.39, 0.29) is 6.61 Å². The molecular weight excluding hydrogens is 272 g/mol. The fourth-order valence-corrected chi connectivity index (χ4v) is 1.82. The minimum Gasteiger partial charge on any atom is -0.497 e. The van der Waals surface area contributed by atoms with Crippen LogP contribution in [0.1, 0.15) is 25.5 Å². The summed E-state index contributed by atoms with van der Waals surface area (Å²) in [4.78, 5) is 0. The monoisotopic (exact) mass is 298 g/mol. The van der Waals surface area contributed by atoms with Gasteiger partial charge in [0, 0.05) is 18.2 Å². The van der Waals surface area contributed by atoms with Crippen molar-refractivity contribution in [1.82, 2.24) is 0 Å². The number of aliphatic hydroxyl groups is 1. The SMILES string of the molecule is COc1ccc(C(O)COCCOCC(C)C)c(OC)c1. The largest absolute Gasteiger partial charge is 0.497 e. The second-order valence-electron chi connectivity index (χ2n) is 5.17. The lowest BCUT2D eigenvalue weighted by Gasteiger charge is -2.16. The first-order chi connectivity index (χ1) is 10.1. The van der Waals surface area contributed by atoms with Gasteiger partial charge in [-0.3, -0.25) is 0 Å². The lowest BCUT2D eigenvalue weighted by atomic mass is 10.1. The van der Waals surface area contributed by atoms with Gasteiger partial charge in [0.2, 0.25) is 0 Å². The molecule has 1 unspecified atom stereocenters. The third-order valence-electron chi connectivity index (χ3n) is 2.90. The van der Waals surface area contributed by atoms with Crippen LogP contribution in [-0.2, 0) is 9.47 Å². The first-order valence-corrected chi connectivity index (χ1v) is 7.14. The van der Waals surface area contributed by atoms with Crippen molar-refractivity contribution in [3.05, 3.63) is 23.8 Å². The van der Waals surface area contributed by atoms with Gasteiger partial charge in [-0.05, 0) is 18.1 Å². The van der Waals surface area contributed by atoms with Crippen LogP contribution in [0.5, 0.6) is 11.5 Å². The van der Waals surface area contributed by atoms with Gasteiger partial charge in [0.1, 0.15) is 17.6 Å². The smallest absolute Gasteiger partial charge is 0.128 e. The highest BCUT2D eigenvalue weighted by atomic mass is 16.5. The minimum atomic E-state index is -0.740. The van der Waals surface area contributed by atoms with Crippen LogP contribution in [0.25, 0.3) is 0 Å². The number of rotatable bonds is 10. The third kappa shape index (κ3) is 6.33. The Kier molecular flexibility index (Phi) is 8.12. The lowest BCUT2D eigenvalue weighted by Crippen LogP contribution is -2.13. The zero-order chi connectivity index (χ0) is 15.7. The zero-order valence-electron chi connectivity index (χ0n) is 13.3. The molecule has 5 heteroatoms. The summed E-state index contributed by atoms with van der Waals surface area (Å²) in [6.45, 7) is 6.11. The topological polar surface area (TPSA) is 57.2 Å². The van der Waals surface area contributed by atoms with Gasteiger partial charge in [0.25, 0.3) is 0 Å². The summed E-state index contributed by atoms with van der Waals surface area (Å²) in [6.07, 6.45) is -0.740. The number of aliphatic hydroxyl groups excluding tert-OH is 1. The van der Waals surface area contributed by atoms with Gasteiger partial charge >= 0.3 is 0 Å². The van der Waals surface area contributed by atoms with E-state index in [1.54, 1.807) is 32.4 Å². The minimum absolute atomic E-state index is 0.202. The zero-order valence-corrected chi connectivity index (χ0v) is 13.3. The van der Waals surface area contributed by atoms with Crippen LogP contribution in [0.3, 0.4) is 0 Å². The maximum atomic E-state index is 10.2. The van der Waals surface area contributed by atoms with Crippen LogP contribution in [0, 0.1) is 5.92 Å². The number of hydrogen-bond acceptors (Lipinski definition) is 5. The van der Waals surface area contributed by atoms with E-state index >= 15 is 0 Å². The Hall–Kier alpha value is -1.30. The Morgan fingerprint density at radius 1 is 1.00 bits per heavy atom. The van der Waals surface area contributed by atoms with Gasteiger partial charge in [0.15, 0.2) is 0 Å². The standard InChI is InChI=1S/C16H26O5/c1-12(2)10-20-7-8-21-11-15(17)14-6-5-13(18-3)9-16(14)19-4/h5-6,9,12,15,17H,7-8,10-11H2,1-4H3. The van der Waals surface area contributed by atoms with Gasteiger partial charge in [-0.2, -0.15) is 0 Å². The van der Waals surface area contributed by atoms with Gasteiger partial charge in [-0.1, -0.05) is 13.8 Å². The second kappa shape index (κ2) is 9.60. The van der Waals surface area contributed by atoms with Crippen molar-refractivity contribution in [3.63, 3.8) is 0 Å². The highest BCUT2D eigenvalue weighted by Gasteiger charge is 2.14. The van der Waals surface area contributed by atoms with Crippen LogP contribution in [-0.4, -0.2) is 45.8 Å². The first kappa shape index (κ1) is 17.8. The van der Waals surface area contributed by atoms with Crippen LogP contribution in [0.4, 0.5) is 0 Å². The highest BCUT2D eigenvalue weighted by Crippen LogP contribution is 2.29. The fraction of sp³-hybridized carbons (Fsp3) is 0.625. The van der Waals surface area contributed by atoms with Crippen LogP contribution >= 0.6 is 0 Å². The maximum Gasteiger partial charge on any atom is 0.128 e. The molecule has 0 aliphatic carbocycles. The summed E-state index contributed by atoms with van der Waals surface area (Å²) < 4.78 is 21.2. The maximum absolute atomic E-state index is 10.2. The molecule has 1 aromatic rings. The Balaban J connectivity index is 2.39. The fourth-order valence-electron chi connectivity index (χ4n) is 1.82. The molecule has 0 saturated carbocycles. The number of ether oxygens (including phenoxy) is 4. The van der Waals surface area contributed by atoms with Crippen molar-refractivity contribution < 1.29 is 24.1 Å². The molecule has 0 fully saturated rings. The van der Waals surface area contributed by atoms with Gasteiger partial charge < -0.3 is 24.1 Å². The van der Waals surface area contributed by atoms with E-state index in [9.17, 15) is 5.11 Å². The summed E-state index contributed by atoms with van der Waals surface area (Å²) in [5, 5.41) is 10.2. The highest BCUT2D eigenvalue weighted by molar-refractivity contribution is 5.41. The van der Waals surface area contributed by atoms with E-state index in [0.29, 0.717) is 36.2 Å². The summed E-state index contributed by atoms with van der Waals surface area (Å²) in [5.41, 5.74) is 0.682. The summed E-state index contributed by atoms with van der Waals surface area (Å²) >= 11 is 0. The normalized spacial score (nSPS) is 12.5. The molecule has 1 atom stereocenters. The predicted octanol–water partition coefficient (Wildman–Crippen LogP) is 2.43. The van der Waals surface area contributed by atoms with Crippen molar-refractivity contribution in [1.29, 1.82) is 0 Å². The summed E-state index contributed by atoms with van der Waals surface area (Å²) in [5.74, 6) is 1.78. The van der Waals surface area contributed by atoms with E-state index in [2.05, 4.69) is 13.8 Å². The average molecular weight is 298 g/mol. The molecule has 0 radical (unpaired) electrons. The summed E-state index contributed by atoms with van der Waals surface area (Å²) in [6, 6.07) is 5.30. The number of methoxy groups -OCH3 is 2. The van der Waals surface area contributed by atoms with Crippen LogP contribution in [0.15, 0.2) is 18.2 Å². The molecule has 0 aromatic heterocycles. The Morgan fingerprint density at radius 2 is 1.67 bits per heavy atom. The van der Waals surface area contributed by atoms with Crippen molar-refractivity contribution in [2.45, 2.75) is 20.0 Å². The molecular formula is C16H26O5. The molecule has 0 bridgehead atoms. The van der Waals surface area contributed by atoms with Crippen molar-refractivity contribution in [2.75, 3.05) is 40.6 Å². The van der Waals surface area contributed by atoms with Crippen molar-refractivity contribution in [3.8, 4) is 11.5 Å². The molecule has 0 aliphatic heterocycles. The molecule has 1 aromatic carbocycles. The molecule has 1 N–H and O–H groups in total. The van der Waals surface area contributed by atoms with Gasteiger partial charge in [-0.15, -0.1) is 0 Å². The Morgan fingerprint density at radius 3 is 2.24 bits per heavy atom. The predicted molar refractivity (Wildman–Crippen MR) is 81.0 cm³/mol. The van der Waals surface area contributed by atoms with Crippen molar-refractivity contribution in [2.24, 2.45) is 5.92 Å². The van der Waals surface area contributed by atoms with Gasteiger partial charge in [0.05, 0.1) is 34.0 Å². The molecule has 0 amide bonds. The molecule has 0 saturated heterocycles. The van der Waals surface area contributed by atoms with Crippen LogP contribution in [0.2, 0.25) is 0 Å². The van der Waals surface area contributed by atoms with E-state index in [0.717, 1.165) is 6.61 Å². The molecule has 5 nitrogen and oxygen atoms in total. The van der Waals surface area contributed by atoms with Crippen molar-refractivity contribution >= 4 is 0 Å². The Labute approximate surface area is 126 Å². The molecule has 0 spiro atoms. The van der Waals surface area contributed by atoms with E-state index in [1.807, 2.05) is 0 Å². The van der Waals surface area contributed by atoms with E-state index in [1.165, 1.54) is 0 Å². The first-order valence-electron chi connectivity index (χ1n) is 7.14. The molecule has 0 heterocycles. The third-order valence-corrected chi connectivity index (χ3v) is 2.90. The quantitative estimate of drug-likeness (QED) is 0.672. The van der Waals surface area contributed by atoms with Gasteiger partial charge in [-0.25, -0.2) is 0 Å².